The maximum Gasteiger partial charge on any atom is 0.216 e. The van der Waals surface area contributed by atoms with E-state index in [0.717, 1.165) is 32.4 Å². The summed E-state index contributed by atoms with van der Waals surface area (Å²) in [5.41, 5.74) is -0.154. The summed E-state index contributed by atoms with van der Waals surface area (Å²) in [6, 6.07) is 0. The SMILES string of the molecule is CC(=O)NCCCCCCCCN(O)C(C)(C)C. The van der Waals surface area contributed by atoms with E-state index in [1.807, 2.05) is 20.8 Å². The average molecular weight is 258 g/mol. The molecule has 0 heterocycles. The van der Waals surface area contributed by atoms with E-state index in [1.165, 1.54) is 24.3 Å². The number of carbonyl (C=O) groups is 1. The van der Waals surface area contributed by atoms with Gasteiger partial charge in [0.25, 0.3) is 0 Å². The fraction of sp³-hybridized carbons (Fsp3) is 0.929. The molecule has 0 atom stereocenters. The maximum absolute atomic E-state index is 10.6. The Morgan fingerprint density at radius 3 is 2.06 bits per heavy atom. The zero-order chi connectivity index (χ0) is 14.0. The standard InChI is InChI=1S/C14H30N2O2/c1-13(17)15-11-9-7-5-6-8-10-12-16(18)14(2,3)4/h18H,5-12H2,1-4H3,(H,15,17). The number of carbonyl (C=O) groups excluding carboxylic acids is 1. The molecule has 0 aromatic heterocycles. The highest BCUT2D eigenvalue weighted by Crippen LogP contribution is 2.12. The molecule has 0 spiro atoms. The van der Waals surface area contributed by atoms with Gasteiger partial charge in [0.2, 0.25) is 5.91 Å². The van der Waals surface area contributed by atoms with E-state index in [4.69, 9.17) is 0 Å². The quantitative estimate of drug-likeness (QED) is 0.494. The van der Waals surface area contributed by atoms with Gasteiger partial charge in [0.1, 0.15) is 0 Å². The summed E-state index contributed by atoms with van der Waals surface area (Å²) >= 11 is 0. The van der Waals surface area contributed by atoms with Crippen LogP contribution in [0.25, 0.3) is 0 Å². The number of hydroxylamine groups is 2. The molecule has 0 aromatic carbocycles. The second-order valence-corrected chi connectivity index (χ2v) is 5.90. The number of nitrogens with zero attached hydrogens (tertiary/aromatic N) is 1. The minimum Gasteiger partial charge on any atom is -0.356 e. The normalized spacial score (nSPS) is 11.9. The Bertz CT molecular complexity index is 224. The second kappa shape index (κ2) is 9.34. The van der Waals surface area contributed by atoms with Crippen molar-refractivity contribution in [3.05, 3.63) is 0 Å². The van der Waals surface area contributed by atoms with E-state index in [9.17, 15) is 10.0 Å². The van der Waals surface area contributed by atoms with E-state index in [1.54, 1.807) is 6.92 Å². The molecule has 0 aliphatic rings. The predicted molar refractivity (Wildman–Crippen MR) is 74.6 cm³/mol. The van der Waals surface area contributed by atoms with Crippen LogP contribution in [0.2, 0.25) is 0 Å². The molecule has 18 heavy (non-hydrogen) atoms. The molecule has 0 fully saturated rings. The van der Waals surface area contributed by atoms with Crippen LogP contribution in [-0.4, -0.2) is 34.8 Å². The van der Waals surface area contributed by atoms with Crippen molar-refractivity contribution in [2.75, 3.05) is 13.1 Å². The molecule has 2 N–H and O–H groups in total. The highest BCUT2D eigenvalue weighted by atomic mass is 16.5. The van der Waals surface area contributed by atoms with Crippen LogP contribution in [0.15, 0.2) is 0 Å². The van der Waals surface area contributed by atoms with Crippen LogP contribution in [0.5, 0.6) is 0 Å². The van der Waals surface area contributed by atoms with Crippen LogP contribution < -0.4 is 5.32 Å². The lowest BCUT2D eigenvalue weighted by Crippen LogP contribution is -2.39. The van der Waals surface area contributed by atoms with Gasteiger partial charge in [-0.05, 0) is 33.6 Å². The monoisotopic (exact) mass is 258 g/mol. The Hall–Kier alpha value is -0.610. The Labute approximate surface area is 112 Å². The minimum atomic E-state index is -0.154. The van der Waals surface area contributed by atoms with Gasteiger partial charge >= 0.3 is 0 Å². The van der Waals surface area contributed by atoms with Gasteiger partial charge in [0, 0.05) is 25.6 Å². The minimum absolute atomic E-state index is 0.0558. The fourth-order valence-electron chi connectivity index (χ4n) is 1.69. The van der Waals surface area contributed by atoms with Crippen LogP contribution in [0.4, 0.5) is 0 Å². The lowest BCUT2D eigenvalue weighted by molar-refractivity contribution is -0.156. The van der Waals surface area contributed by atoms with Gasteiger partial charge in [-0.3, -0.25) is 4.79 Å². The molecule has 4 nitrogen and oxygen atoms in total. The molecule has 0 aromatic rings. The topological polar surface area (TPSA) is 52.6 Å². The van der Waals surface area contributed by atoms with Crippen molar-refractivity contribution in [2.45, 2.75) is 71.8 Å². The first-order valence-corrected chi connectivity index (χ1v) is 7.05. The molecule has 0 aliphatic heterocycles. The zero-order valence-electron chi connectivity index (χ0n) is 12.5. The van der Waals surface area contributed by atoms with Gasteiger partial charge in [0.05, 0.1) is 0 Å². The zero-order valence-corrected chi connectivity index (χ0v) is 12.5. The number of rotatable bonds is 9. The van der Waals surface area contributed by atoms with Crippen LogP contribution in [-0.2, 0) is 4.79 Å². The smallest absolute Gasteiger partial charge is 0.216 e. The molecule has 0 radical (unpaired) electrons. The second-order valence-electron chi connectivity index (χ2n) is 5.90. The summed E-state index contributed by atoms with van der Waals surface area (Å²) in [4.78, 5) is 10.6. The van der Waals surface area contributed by atoms with Crippen molar-refractivity contribution >= 4 is 5.91 Å². The first kappa shape index (κ1) is 17.4. The van der Waals surface area contributed by atoms with Crippen molar-refractivity contribution < 1.29 is 10.0 Å². The summed E-state index contributed by atoms with van der Waals surface area (Å²) in [6.45, 7) is 9.12. The number of unbranched alkanes of at least 4 members (excludes halogenated alkanes) is 5. The summed E-state index contributed by atoms with van der Waals surface area (Å²) < 4.78 is 0. The first-order chi connectivity index (χ1) is 8.34. The first-order valence-electron chi connectivity index (χ1n) is 7.05. The van der Waals surface area contributed by atoms with Crippen molar-refractivity contribution in [1.29, 1.82) is 0 Å². The third-order valence-electron chi connectivity index (χ3n) is 2.94. The van der Waals surface area contributed by atoms with Crippen molar-refractivity contribution in [1.82, 2.24) is 10.4 Å². The Morgan fingerprint density at radius 1 is 1.06 bits per heavy atom. The van der Waals surface area contributed by atoms with E-state index in [0.29, 0.717) is 0 Å². The van der Waals surface area contributed by atoms with Gasteiger partial charge in [-0.25, -0.2) is 0 Å². The Balaban J connectivity index is 3.24. The van der Waals surface area contributed by atoms with Crippen LogP contribution in [0.1, 0.15) is 66.2 Å². The van der Waals surface area contributed by atoms with Crippen molar-refractivity contribution in [3.63, 3.8) is 0 Å². The number of hydrogen-bond donors (Lipinski definition) is 2. The molecule has 0 bridgehead atoms. The van der Waals surface area contributed by atoms with Gasteiger partial charge in [-0.2, -0.15) is 5.06 Å². The average Bonchev–Trinajstić information content (AvgIpc) is 2.24. The largest absolute Gasteiger partial charge is 0.356 e. The molecular weight excluding hydrogens is 228 g/mol. The van der Waals surface area contributed by atoms with Crippen molar-refractivity contribution in [3.8, 4) is 0 Å². The van der Waals surface area contributed by atoms with Crippen LogP contribution in [0.3, 0.4) is 0 Å². The lowest BCUT2D eigenvalue weighted by atomic mass is 10.1. The van der Waals surface area contributed by atoms with Gasteiger partial charge < -0.3 is 10.5 Å². The van der Waals surface area contributed by atoms with Crippen molar-refractivity contribution in [2.24, 2.45) is 0 Å². The highest BCUT2D eigenvalue weighted by Gasteiger charge is 2.17. The molecule has 0 saturated carbocycles. The molecule has 0 saturated heterocycles. The van der Waals surface area contributed by atoms with E-state index in [2.05, 4.69) is 5.32 Å². The van der Waals surface area contributed by atoms with E-state index in [-0.39, 0.29) is 11.4 Å². The summed E-state index contributed by atoms with van der Waals surface area (Å²) in [5.74, 6) is 0.0558. The molecular formula is C14H30N2O2. The lowest BCUT2D eigenvalue weighted by Gasteiger charge is -2.29. The molecule has 108 valence electrons. The number of hydrogen-bond acceptors (Lipinski definition) is 3. The Kier molecular flexibility index (Phi) is 9.02. The summed E-state index contributed by atoms with van der Waals surface area (Å²) in [6.07, 6.45) is 6.85. The number of nitrogens with one attached hydrogen (secondary N) is 1. The van der Waals surface area contributed by atoms with Gasteiger partial charge in [-0.1, -0.05) is 25.7 Å². The van der Waals surface area contributed by atoms with Crippen LogP contribution >= 0.6 is 0 Å². The molecule has 0 rings (SSSR count). The third kappa shape index (κ3) is 10.5. The van der Waals surface area contributed by atoms with Gasteiger partial charge in [0.15, 0.2) is 0 Å². The molecule has 1 amide bonds. The molecule has 4 heteroatoms. The maximum atomic E-state index is 10.6. The number of amides is 1. The van der Waals surface area contributed by atoms with Gasteiger partial charge in [-0.15, -0.1) is 0 Å². The van der Waals surface area contributed by atoms with E-state index >= 15 is 0 Å². The van der Waals surface area contributed by atoms with Crippen LogP contribution in [0, 0.1) is 0 Å². The summed E-state index contributed by atoms with van der Waals surface area (Å²) in [5, 5.41) is 13.9. The molecule has 0 unspecified atom stereocenters. The fourth-order valence-corrected chi connectivity index (χ4v) is 1.69. The third-order valence-corrected chi connectivity index (χ3v) is 2.94. The highest BCUT2D eigenvalue weighted by molar-refractivity contribution is 5.72. The summed E-state index contributed by atoms with van der Waals surface area (Å²) in [7, 11) is 0. The van der Waals surface area contributed by atoms with E-state index < -0.39 is 0 Å². The molecule has 0 aliphatic carbocycles. The Morgan fingerprint density at radius 2 is 1.56 bits per heavy atom. The predicted octanol–water partition coefficient (Wildman–Crippen LogP) is 2.95.